The van der Waals surface area contributed by atoms with E-state index in [-0.39, 0.29) is 0 Å². The molecule has 0 bridgehead atoms. The van der Waals surface area contributed by atoms with Gasteiger partial charge in [-0.1, -0.05) is 168 Å². The van der Waals surface area contributed by atoms with Crippen LogP contribution in [0, 0.1) is 0 Å². The first-order chi connectivity index (χ1) is 21.2. The van der Waals surface area contributed by atoms with Gasteiger partial charge in [0.2, 0.25) is 0 Å². The van der Waals surface area contributed by atoms with E-state index in [1.165, 1.54) is 83.6 Å². The summed E-state index contributed by atoms with van der Waals surface area (Å²) in [5.74, 6) is 0. The van der Waals surface area contributed by atoms with E-state index in [1.807, 2.05) is 19.9 Å². The summed E-state index contributed by atoms with van der Waals surface area (Å²) in [5.41, 5.74) is 13.1. The van der Waals surface area contributed by atoms with E-state index >= 15 is 0 Å². The molecule has 0 atom stereocenters. The van der Waals surface area contributed by atoms with Crippen LogP contribution in [0.2, 0.25) is 0 Å². The van der Waals surface area contributed by atoms with Crippen molar-refractivity contribution in [1.29, 1.82) is 0 Å². The highest BCUT2D eigenvalue weighted by atomic mass is 14.2. The van der Waals surface area contributed by atoms with Gasteiger partial charge in [0, 0.05) is 0 Å². The molecule has 0 aliphatic heterocycles. The van der Waals surface area contributed by atoms with E-state index in [0.717, 1.165) is 6.42 Å². The van der Waals surface area contributed by atoms with Crippen molar-refractivity contribution >= 4 is 27.1 Å². The number of rotatable bonds is 4. The fourth-order valence-corrected chi connectivity index (χ4v) is 6.29. The van der Waals surface area contributed by atoms with E-state index in [9.17, 15) is 0 Å². The summed E-state index contributed by atoms with van der Waals surface area (Å²) in [4.78, 5) is 0. The molecule has 1 aliphatic carbocycles. The molecule has 0 heteroatoms. The maximum Gasteiger partial charge on any atom is -0.00109 e. The molecule has 214 valence electrons. The Morgan fingerprint density at radius 2 is 0.953 bits per heavy atom. The van der Waals surface area contributed by atoms with Crippen LogP contribution in [0.5, 0.6) is 0 Å². The lowest BCUT2D eigenvalue weighted by molar-refractivity contribution is 1.09. The van der Waals surface area contributed by atoms with Crippen molar-refractivity contribution in [2.75, 3.05) is 0 Å². The van der Waals surface area contributed by atoms with Crippen LogP contribution in [-0.2, 0) is 6.42 Å². The van der Waals surface area contributed by atoms with Crippen molar-refractivity contribution < 1.29 is 0 Å². The Hall–Kier alpha value is -4.68. The molecule has 0 saturated heterocycles. The molecule has 0 fully saturated rings. The van der Waals surface area contributed by atoms with Crippen molar-refractivity contribution in [2.24, 2.45) is 0 Å². The third-order valence-corrected chi connectivity index (χ3v) is 8.15. The zero-order valence-electron chi connectivity index (χ0n) is 26.2. The summed E-state index contributed by atoms with van der Waals surface area (Å²) in [7, 11) is 0. The van der Waals surface area contributed by atoms with Gasteiger partial charge in [-0.25, -0.2) is 0 Å². The number of hydrogen-bond donors (Lipinski definition) is 0. The van der Waals surface area contributed by atoms with Crippen molar-refractivity contribution in [2.45, 2.75) is 47.5 Å². The Morgan fingerprint density at radius 3 is 1.44 bits per heavy atom. The molecule has 0 saturated carbocycles. The lowest BCUT2D eigenvalue weighted by Crippen LogP contribution is -1.92. The van der Waals surface area contributed by atoms with Crippen molar-refractivity contribution in [1.82, 2.24) is 0 Å². The van der Waals surface area contributed by atoms with Gasteiger partial charge >= 0.3 is 0 Å². The van der Waals surface area contributed by atoms with Gasteiger partial charge < -0.3 is 0 Å². The summed E-state index contributed by atoms with van der Waals surface area (Å²) in [6.07, 6.45) is 4.22. The molecule has 1 aliphatic rings. The highest BCUT2D eigenvalue weighted by Gasteiger charge is 2.21. The minimum Gasteiger partial charge on any atom is -0.0988 e. The van der Waals surface area contributed by atoms with Gasteiger partial charge in [-0.3, -0.25) is 0 Å². The van der Waals surface area contributed by atoms with Gasteiger partial charge in [0.25, 0.3) is 0 Å². The second-order valence-electron chi connectivity index (χ2n) is 10.9. The highest BCUT2D eigenvalue weighted by Crippen LogP contribution is 2.44. The largest absolute Gasteiger partial charge is 0.0988 e. The Morgan fingerprint density at radius 1 is 0.535 bits per heavy atom. The third kappa shape index (κ3) is 5.58. The molecule has 0 N–H and O–H groups in total. The normalized spacial score (nSPS) is 11.8. The lowest BCUT2D eigenvalue weighted by Gasteiger charge is -2.18. The van der Waals surface area contributed by atoms with Crippen LogP contribution >= 0.6 is 0 Å². The minimum absolute atomic E-state index is 0.957. The van der Waals surface area contributed by atoms with Crippen LogP contribution < -0.4 is 0 Å². The van der Waals surface area contributed by atoms with Gasteiger partial charge in [-0.05, 0) is 90.5 Å². The summed E-state index contributed by atoms with van der Waals surface area (Å²) >= 11 is 0. The number of hydrogen-bond acceptors (Lipinski definition) is 0. The van der Waals surface area contributed by atoms with E-state index in [4.69, 9.17) is 0 Å². The van der Waals surface area contributed by atoms with Crippen molar-refractivity contribution in [3.8, 4) is 33.4 Å². The second kappa shape index (κ2) is 13.5. The summed E-state index contributed by atoms with van der Waals surface area (Å²) in [5, 5.41) is 5.15. The molecule has 0 unspecified atom stereocenters. The van der Waals surface area contributed by atoms with Gasteiger partial charge in [-0.2, -0.15) is 0 Å². The molecule has 0 spiro atoms. The average molecular weight is 559 g/mol. The predicted octanol–water partition coefficient (Wildman–Crippen LogP) is 13.0. The fraction of sp³-hybridized carbons (Fsp3) is 0.163. The number of fused-ring (bicyclic) bond motifs is 3. The van der Waals surface area contributed by atoms with Crippen LogP contribution in [0.25, 0.3) is 60.5 Å². The Bertz CT molecular complexity index is 1840. The van der Waals surface area contributed by atoms with Gasteiger partial charge in [-0.15, -0.1) is 0 Å². The first-order valence-corrected chi connectivity index (χ1v) is 15.7. The first kappa shape index (κ1) is 29.8. The van der Waals surface area contributed by atoms with Crippen molar-refractivity contribution in [3.63, 3.8) is 0 Å². The molecular weight excluding hydrogens is 516 g/mol. The first-order valence-electron chi connectivity index (χ1n) is 15.7. The van der Waals surface area contributed by atoms with Gasteiger partial charge in [0.1, 0.15) is 0 Å². The predicted molar refractivity (Wildman–Crippen MR) is 192 cm³/mol. The van der Waals surface area contributed by atoms with Crippen LogP contribution in [-0.4, -0.2) is 0 Å². The zero-order chi connectivity index (χ0) is 30.3. The molecule has 0 nitrogen and oxygen atoms in total. The number of benzene rings is 6. The summed E-state index contributed by atoms with van der Waals surface area (Å²) < 4.78 is 0. The topological polar surface area (TPSA) is 0 Å². The Labute approximate surface area is 258 Å². The minimum atomic E-state index is 0.957. The quantitative estimate of drug-likeness (QED) is 0.189. The average Bonchev–Trinajstić information content (AvgIpc) is 3.41. The monoisotopic (exact) mass is 558 g/mol. The molecule has 0 radical (unpaired) electrons. The van der Waals surface area contributed by atoms with Gasteiger partial charge in [0.15, 0.2) is 0 Å². The van der Waals surface area contributed by atoms with Gasteiger partial charge in [0.05, 0.1) is 0 Å². The molecule has 7 rings (SSSR count). The second-order valence-corrected chi connectivity index (χ2v) is 10.9. The summed E-state index contributed by atoms with van der Waals surface area (Å²) in [6, 6.07) is 44.3. The van der Waals surface area contributed by atoms with E-state index in [2.05, 4.69) is 149 Å². The van der Waals surface area contributed by atoms with E-state index < -0.39 is 0 Å². The maximum atomic E-state index is 4.04. The summed E-state index contributed by atoms with van der Waals surface area (Å²) in [6.45, 7) is 14.5. The molecular formula is C43H42. The molecule has 43 heavy (non-hydrogen) atoms. The molecule has 0 amide bonds. The van der Waals surface area contributed by atoms with Crippen LogP contribution in [0.4, 0.5) is 0 Å². The van der Waals surface area contributed by atoms with Crippen LogP contribution in [0.1, 0.15) is 52.2 Å². The highest BCUT2D eigenvalue weighted by molar-refractivity contribution is 6.21. The van der Waals surface area contributed by atoms with Crippen LogP contribution in [0.15, 0.2) is 140 Å². The van der Waals surface area contributed by atoms with Crippen LogP contribution in [0.3, 0.4) is 0 Å². The standard InChI is InChI=1S/C38H28.C3H8.C2H6/c1-3-26-24-36-30(25(26)2)18-11-19-31(36)27-20-22-29(23-21-27)38-34-16-9-7-14-32(34)37(28-12-5-4-6-13-28)33-15-8-10-17-35(33)38;1-3-2;1-2/h3-23H,1,24H2,2H3;3H2,1-2H3;1-2H3. The molecule has 0 heterocycles. The molecule has 6 aromatic rings. The Kier molecular flexibility index (Phi) is 9.38. The third-order valence-electron chi connectivity index (χ3n) is 8.15. The SMILES string of the molecule is C=CC1=C(C)c2cccc(-c3ccc(-c4c5ccccc5c(-c5ccccc5)c5ccccc45)cc3)c2C1.CC.CCC. The molecule has 6 aromatic carbocycles. The Balaban J connectivity index is 0.000000695. The maximum absolute atomic E-state index is 4.04. The van der Waals surface area contributed by atoms with Crippen molar-refractivity contribution in [3.05, 3.63) is 151 Å². The van der Waals surface area contributed by atoms with E-state index in [0.29, 0.717) is 0 Å². The zero-order valence-corrected chi connectivity index (χ0v) is 26.2. The fourth-order valence-electron chi connectivity index (χ4n) is 6.29. The lowest BCUT2D eigenvalue weighted by atomic mass is 9.85. The smallest absolute Gasteiger partial charge is 0.00109 e. The molecule has 0 aromatic heterocycles. The van der Waals surface area contributed by atoms with E-state index in [1.54, 1.807) is 0 Å². The number of allylic oxidation sites excluding steroid dienone is 3.